The van der Waals surface area contributed by atoms with Crippen molar-refractivity contribution in [3.05, 3.63) is 0 Å². The Hall–Kier alpha value is -2.12. The molecule has 0 rings (SSSR count). The van der Waals surface area contributed by atoms with Crippen LogP contribution in [0.25, 0.3) is 0 Å². The summed E-state index contributed by atoms with van der Waals surface area (Å²) in [5, 5.41) is 0. The van der Waals surface area contributed by atoms with Gasteiger partial charge < -0.3 is 18.9 Å². The minimum absolute atomic E-state index is 0.0790. The first-order valence-electron chi connectivity index (χ1n) is 23.9. The van der Waals surface area contributed by atoms with Crippen molar-refractivity contribution < 1.29 is 38.1 Å². The van der Waals surface area contributed by atoms with E-state index in [9.17, 15) is 19.2 Å². The van der Waals surface area contributed by atoms with E-state index in [2.05, 4.69) is 13.8 Å². The second kappa shape index (κ2) is 34.7. The fourth-order valence-corrected chi connectivity index (χ4v) is 7.16. The topological polar surface area (TPSA) is 105 Å². The van der Waals surface area contributed by atoms with Crippen LogP contribution in [0, 0.1) is 5.41 Å². The summed E-state index contributed by atoms with van der Waals surface area (Å²) < 4.78 is 22.7. The van der Waals surface area contributed by atoms with Gasteiger partial charge in [0.05, 0.1) is 13.2 Å². The Bertz CT molecular complexity index is 928. The Kier molecular flexibility index (Phi) is 33.4. The predicted molar refractivity (Wildman–Crippen MR) is 235 cm³/mol. The lowest BCUT2D eigenvalue weighted by molar-refractivity contribution is -0.187. The zero-order valence-corrected chi connectivity index (χ0v) is 38.8. The summed E-state index contributed by atoms with van der Waals surface area (Å²) in [6.45, 7) is 16.6. The Morgan fingerprint density at radius 1 is 0.351 bits per heavy atom. The van der Waals surface area contributed by atoms with Gasteiger partial charge in [-0.15, -0.1) is 0 Å². The number of carbonyl (C=O) groups excluding carboxylic acids is 4. The summed E-state index contributed by atoms with van der Waals surface area (Å²) >= 11 is 0. The molecule has 0 aliphatic carbocycles. The highest BCUT2D eigenvalue weighted by molar-refractivity contribution is 6.00. The molecule has 0 aromatic heterocycles. The molecule has 0 amide bonds. The summed E-state index contributed by atoms with van der Waals surface area (Å²) in [6.07, 6.45) is 32.0. The molecular formula is C49H92O8. The molecule has 0 aromatic carbocycles. The molecule has 57 heavy (non-hydrogen) atoms. The molecule has 0 bridgehead atoms. The minimum Gasteiger partial charge on any atom is -0.466 e. The Balaban J connectivity index is 4.67. The van der Waals surface area contributed by atoms with E-state index < -0.39 is 28.6 Å². The van der Waals surface area contributed by atoms with Gasteiger partial charge in [-0.2, -0.15) is 0 Å². The van der Waals surface area contributed by atoms with Crippen LogP contribution in [0.15, 0.2) is 0 Å². The van der Waals surface area contributed by atoms with Gasteiger partial charge in [-0.05, 0) is 80.1 Å². The summed E-state index contributed by atoms with van der Waals surface area (Å²) in [7, 11) is 0. The maximum Gasteiger partial charge on any atom is 0.324 e. The van der Waals surface area contributed by atoms with Gasteiger partial charge in [-0.3, -0.25) is 19.2 Å². The van der Waals surface area contributed by atoms with Crippen LogP contribution < -0.4 is 0 Å². The van der Waals surface area contributed by atoms with E-state index in [0.717, 1.165) is 116 Å². The lowest BCUT2D eigenvalue weighted by Crippen LogP contribution is -2.46. The molecular weight excluding hydrogens is 717 g/mol. The van der Waals surface area contributed by atoms with Crippen molar-refractivity contribution >= 4 is 23.9 Å². The number of ether oxygens (including phenoxy) is 4. The summed E-state index contributed by atoms with van der Waals surface area (Å²) in [5.74, 6) is -1.10. The normalized spacial score (nSPS) is 12.1. The van der Waals surface area contributed by atoms with Crippen LogP contribution >= 0.6 is 0 Å². The first kappa shape index (κ1) is 54.9. The number of hydrogen-bond donors (Lipinski definition) is 0. The molecule has 0 aliphatic heterocycles. The van der Waals surface area contributed by atoms with E-state index in [1.165, 1.54) is 64.2 Å². The molecule has 0 aliphatic rings. The first-order chi connectivity index (χ1) is 27.2. The van der Waals surface area contributed by atoms with Crippen LogP contribution in [0.5, 0.6) is 0 Å². The first-order valence-corrected chi connectivity index (χ1v) is 23.9. The zero-order valence-electron chi connectivity index (χ0n) is 38.8. The summed E-state index contributed by atoms with van der Waals surface area (Å²) in [6, 6.07) is 0. The van der Waals surface area contributed by atoms with E-state index in [1.54, 1.807) is 0 Å². The van der Waals surface area contributed by atoms with Crippen molar-refractivity contribution in [2.75, 3.05) is 13.2 Å². The highest BCUT2D eigenvalue weighted by Crippen LogP contribution is 2.38. The second-order valence-corrected chi connectivity index (χ2v) is 18.7. The van der Waals surface area contributed by atoms with E-state index in [1.807, 2.05) is 41.5 Å². The Labute approximate surface area is 351 Å². The Morgan fingerprint density at radius 2 is 0.614 bits per heavy atom. The van der Waals surface area contributed by atoms with Crippen LogP contribution in [0.1, 0.15) is 261 Å². The highest BCUT2D eigenvalue weighted by Gasteiger charge is 2.50. The molecule has 8 heteroatoms. The smallest absolute Gasteiger partial charge is 0.324 e. The molecule has 0 aromatic rings. The van der Waals surface area contributed by atoms with Crippen molar-refractivity contribution in [3.63, 3.8) is 0 Å². The van der Waals surface area contributed by atoms with Crippen molar-refractivity contribution in [1.29, 1.82) is 0 Å². The summed E-state index contributed by atoms with van der Waals surface area (Å²) in [4.78, 5) is 52.0. The standard InChI is InChI=1S/C49H92O8/c1-9-11-13-15-23-29-35-41-54-43(50)37-31-25-19-17-21-27-33-39-49(45(52)56-47(3,4)5,46(53)57-48(6,7)8)40-34-28-22-18-20-26-32-38-44(51)55-42-36-30-24-16-14-12-10-2/h9-42H2,1-8H3. The van der Waals surface area contributed by atoms with Crippen LogP contribution in [0.3, 0.4) is 0 Å². The predicted octanol–water partition coefficient (Wildman–Crippen LogP) is 14.3. The zero-order chi connectivity index (χ0) is 42.7. The molecule has 0 N–H and O–H groups in total. The maximum atomic E-state index is 13.9. The molecule has 0 radical (unpaired) electrons. The van der Waals surface area contributed by atoms with Gasteiger partial charge in [-0.25, -0.2) is 0 Å². The number of carbonyl (C=O) groups is 4. The molecule has 0 saturated heterocycles. The fraction of sp³-hybridized carbons (Fsp3) is 0.918. The monoisotopic (exact) mass is 809 g/mol. The molecule has 0 heterocycles. The lowest BCUT2D eigenvalue weighted by Gasteiger charge is -2.35. The maximum absolute atomic E-state index is 13.9. The van der Waals surface area contributed by atoms with Crippen molar-refractivity contribution in [1.82, 2.24) is 0 Å². The van der Waals surface area contributed by atoms with Crippen LogP contribution in [0.2, 0.25) is 0 Å². The summed E-state index contributed by atoms with van der Waals surface area (Å²) in [5.41, 5.74) is -2.76. The third-order valence-corrected chi connectivity index (χ3v) is 10.6. The van der Waals surface area contributed by atoms with E-state index in [0.29, 0.717) is 38.9 Å². The van der Waals surface area contributed by atoms with Crippen molar-refractivity contribution in [3.8, 4) is 0 Å². The average Bonchev–Trinajstić information content (AvgIpc) is 3.13. The van der Waals surface area contributed by atoms with E-state index >= 15 is 0 Å². The molecule has 0 fully saturated rings. The van der Waals surface area contributed by atoms with Gasteiger partial charge >= 0.3 is 23.9 Å². The lowest BCUT2D eigenvalue weighted by atomic mass is 9.77. The third kappa shape index (κ3) is 33.4. The van der Waals surface area contributed by atoms with Crippen molar-refractivity contribution in [2.45, 2.75) is 272 Å². The second-order valence-electron chi connectivity index (χ2n) is 18.7. The van der Waals surface area contributed by atoms with Crippen molar-refractivity contribution in [2.24, 2.45) is 5.41 Å². The largest absolute Gasteiger partial charge is 0.466 e. The number of hydrogen-bond acceptors (Lipinski definition) is 8. The van der Waals surface area contributed by atoms with Crippen LogP contribution in [-0.2, 0) is 38.1 Å². The van der Waals surface area contributed by atoms with Gasteiger partial charge in [0.2, 0.25) is 0 Å². The third-order valence-electron chi connectivity index (χ3n) is 10.6. The van der Waals surface area contributed by atoms with Gasteiger partial charge in [0.25, 0.3) is 0 Å². The Morgan fingerprint density at radius 3 is 0.912 bits per heavy atom. The quantitative estimate of drug-likeness (QED) is 0.0263. The van der Waals surface area contributed by atoms with Gasteiger partial charge in [0.1, 0.15) is 11.2 Å². The van der Waals surface area contributed by atoms with Crippen LogP contribution in [0.4, 0.5) is 0 Å². The highest BCUT2D eigenvalue weighted by atomic mass is 16.6. The average molecular weight is 809 g/mol. The fourth-order valence-electron chi connectivity index (χ4n) is 7.16. The van der Waals surface area contributed by atoms with Crippen LogP contribution in [-0.4, -0.2) is 48.3 Å². The molecule has 336 valence electrons. The van der Waals surface area contributed by atoms with Gasteiger partial charge in [-0.1, -0.05) is 168 Å². The number of rotatable bonds is 38. The van der Waals surface area contributed by atoms with E-state index in [4.69, 9.17) is 18.9 Å². The molecule has 0 spiro atoms. The molecule has 0 unspecified atom stereocenters. The van der Waals surface area contributed by atoms with Gasteiger partial charge in [0, 0.05) is 12.8 Å². The number of unbranched alkanes of at least 4 members (excludes halogenated alkanes) is 24. The molecule has 0 atom stereocenters. The SMILES string of the molecule is CCCCCCCCCOC(=O)CCCCCCCCCC(CCCCCCCCCC(=O)OCCCCCCCCC)(C(=O)OC(C)(C)C)C(=O)OC(C)(C)C. The number of esters is 4. The molecule has 0 saturated carbocycles. The van der Waals surface area contributed by atoms with E-state index in [-0.39, 0.29) is 11.9 Å². The van der Waals surface area contributed by atoms with Gasteiger partial charge in [0.15, 0.2) is 5.41 Å². The minimum atomic E-state index is -1.33. The molecule has 8 nitrogen and oxygen atoms in total.